The van der Waals surface area contributed by atoms with Crippen LogP contribution >= 0.6 is 11.3 Å². The smallest absolute Gasteiger partial charge is 0.130 e. The lowest BCUT2D eigenvalue weighted by Crippen LogP contribution is -2.09. The van der Waals surface area contributed by atoms with E-state index in [1.165, 1.54) is 64.8 Å². The molecule has 2 heteroatoms. The summed E-state index contributed by atoms with van der Waals surface area (Å²) in [7, 11) is 0. The summed E-state index contributed by atoms with van der Waals surface area (Å²) in [4.78, 5) is 1.32. The Hall–Kier alpha value is -1.80. The van der Waals surface area contributed by atoms with Crippen molar-refractivity contribution in [2.45, 2.75) is 78.6 Å². The largest absolute Gasteiger partial charge is 0.493 e. The predicted molar refractivity (Wildman–Crippen MR) is 129 cm³/mol. The lowest BCUT2D eigenvalue weighted by Gasteiger charge is -2.26. The van der Waals surface area contributed by atoms with Gasteiger partial charge in [-0.1, -0.05) is 56.9 Å². The summed E-state index contributed by atoms with van der Waals surface area (Å²) in [5, 5.41) is 2.21. The van der Waals surface area contributed by atoms with E-state index in [2.05, 4.69) is 69.5 Å². The first-order chi connectivity index (χ1) is 14.2. The van der Waals surface area contributed by atoms with Crippen molar-refractivity contribution < 1.29 is 4.74 Å². The molecule has 1 aromatic heterocycles. The molecule has 0 spiro atoms. The fourth-order valence-corrected chi connectivity index (χ4v) is 4.98. The summed E-state index contributed by atoms with van der Waals surface area (Å²) in [6.07, 6.45) is 15.4. The molecule has 1 aliphatic rings. The van der Waals surface area contributed by atoms with E-state index in [9.17, 15) is 0 Å². The lowest BCUT2D eigenvalue weighted by molar-refractivity contribution is 0.309. The van der Waals surface area contributed by atoms with Crippen LogP contribution in [-0.2, 0) is 6.42 Å². The molecule has 0 radical (unpaired) electrons. The van der Waals surface area contributed by atoms with Crippen LogP contribution in [0.3, 0.4) is 0 Å². The van der Waals surface area contributed by atoms with Crippen LogP contribution in [0, 0.1) is 0 Å². The van der Waals surface area contributed by atoms with Crippen LogP contribution in [0.2, 0.25) is 0 Å². The van der Waals surface area contributed by atoms with Crippen LogP contribution in [0.15, 0.2) is 41.3 Å². The Morgan fingerprint density at radius 2 is 1.93 bits per heavy atom. The van der Waals surface area contributed by atoms with Gasteiger partial charge in [0.05, 0.1) is 6.61 Å². The highest BCUT2D eigenvalue weighted by Gasteiger charge is 2.23. The molecule has 0 atom stereocenters. The second-order valence-electron chi connectivity index (χ2n) is 8.16. The summed E-state index contributed by atoms with van der Waals surface area (Å²) < 4.78 is 6.46. The summed E-state index contributed by atoms with van der Waals surface area (Å²) >= 11 is 1.81. The summed E-state index contributed by atoms with van der Waals surface area (Å²) in [5.41, 5.74) is 6.77. The standard InChI is InChI=1S/C27H36OS/c1-5-16-28-27-24(22-11-9-8-10-12-22)18-21(7-3)19-25(27)23-15-17-29-26(23)14-13-20(4)6-2/h6,13-15,17-19,22H,5,7-12,16H2,1-4H3/b14-13+,20-6+. The Morgan fingerprint density at radius 3 is 2.62 bits per heavy atom. The van der Waals surface area contributed by atoms with E-state index in [1.807, 2.05) is 11.3 Å². The van der Waals surface area contributed by atoms with Gasteiger partial charge in [-0.2, -0.15) is 0 Å². The van der Waals surface area contributed by atoms with Gasteiger partial charge < -0.3 is 4.74 Å². The van der Waals surface area contributed by atoms with Crippen LogP contribution < -0.4 is 4.74 Å². The van der Waals surface area contributed by atoms with Crippen LogP contribution in [-0.4, -0.2) is 6.61 Å². The van der Waals surface area contributed by atoms with Crippen molar-refractivity contribution in [2.24, 2.45) is 0 Å². The molecule has 2 aromatic rings. The second-order valence-corrected chi connectivity index (χ2v) is 9.11. The van der Waals surface area contributed by atoms with Gasteiger partial charge in [-0.15, -0.1) is 11.3 Å². The first-order valence-electron chi connectivity index (χ1n) is 11.4. The SMILES string of the molecule is C/C=C(C)/C=C/c1sccc1-c1cc(CC)cc(C2CCCCC2)c1OCCC. The van der Waals surface area contributed by atoms with Gasteiger partial charge in [0.2, 0.25) is 0 Å². The first-order valence-corrected chi connectivity index (χ1v) is 12.2. The van der Waals surface area contributed by atoms with Crippen molar-refractivity contribution in [1.29, 1.82) is 0 Å². The number of hydrogen-bond acceptors (Lipinski definition) is 2. The van der Waals surface area contributed by atoms with Crippen molar-refractivity contribution in [3.05, 3.63) is 57.3 Å². The van der Waals surface area contributed by atoms with Crippen molar-refractivity contribution in [3.63, 3.8) is 0 Å². The van der Waals surface area contributed by atoms with E-state index >= 15 is 0 Å². The highest BCUT2D eigenvalue weighted by atomic mass is 32.1. The molecule has 29 heavy (non-hydrogen) atoms. The predicted octanol–water partition coefficient (Wildman–Crippen LogP) is 8.79. The van der Waals surface area contributed by atoms with Crippen LogP contribution in [0.4, 0.5) is 0 Å². The zero-order chi connectivity index (χ0) is 20.6. The number of ether oxygens (including phenoxy) is 1. The molecule has 0 bridgehead atoms. The zero-order valence-corrected chi connectivity index (χ0v) is 19.4. The minimum Gasteiger partial charge on any atom is -0.493 e. The third-order valence-corrected chi connectivity index (χ3v) is 6.90. The first kappa shape index (κ1) is 21.9. The Kier molecular flexibility index (Phi) is 8.18. The highest BCUT2D eigenvalue weighted by Crippen LogP contribution is 2.45. The van der Waals surface area contributed by atoms with E-state index in [4.69, 9.17) is 4.74 Å². The van der Waals surface area contributed by atoms with Gasteiger partial charge in [0.1, 0.15) is 5.75 Å². The van der Waals surface area contributed by atoms with Gasteiger partial charge in [0.15, 0.2) is 0 Å². The fourth-order valence-electron chi connectivity index (χ4n) is 4.18. The maximum atomic E-state index is 6.46. The summed E-state index contributed by atoms with van der Waals surface area (Å²) in [6.45, 7) is 9.48. The summed E-state index contributed by atoms with van der Waals surface area (Å²) in [6, 6.07) is 7.09. The summed E-state index contributed by atoms with van der Waals surface area (Å²) in [5.74, 6) is 1.79. The van der Waals surface area contributed by atoms with Crippen molar-refractivity contribution in [1.82, 2.24) is 0 Å². The van der Waals surface area contributed by atoms with Gasteiger partial charge in [0.25, 0.3) is 0 Å². The van der Waals surface area contributed by atoms with Gasteiger partial charge in [-0.25, -0.2) is 0 Å². The topological polar surface area (TPSA) is 9.23 Å². The van der Waals surface area contributed by atoms with E-state index < -0.39 is 0 Å². The van der Waals surface area contributed by atoms with Crippen molar-refractivity contribution in [3.8, 4) is 16.9 Å². The Labute approximate surface area is 181 Å². The molecule has 1 heterocycles. The average molecular weight is 409 g/mol. The fraction of sp³-hybridized carbons (Fsp3) is 0.481. The van der Waals surface area contributed by atoms with Crippen LogP contribution in [0.5, 0.6) is 5.75 Å². The molecule has 0 saturated heterocycles. The molecule has 1 saturated carbocycles. The zero-order valence-electron chi connectivity index (χ0n) is 18.6. The van der Waals surface area contributed by atoms with Crippen LogP contribution in [0.25, 0.3) is 17.2 Å². The number of rotatable bonds is 8. The molecular formula is C27H36OS. The van der Waals surface area contributed by atoms with Gasteiger partial charge >= 0.3 is 0 Å². The molecule has 1 aromatic carbocycles. The van der Waals surface area contributed by atoms with E-state index in [1.54, 1.807) is 0 Å². The second kappa shape index (κ2) is 10.8. The van der Waals surface area contributed by atoms with E-state index in [0.29, 0.717) is 5.92 Å². The van der Waals surface area contributed by atoms with Gasteiger partial charge in [0, 0.05) is 16.0 Å². The minimum atomic E-state index is 0.642. The van der Waals surface area contributed by atoms with Crippen molar-refractivity contribution >= 4 is 17.4 Å². The molecule has 156 valence electrons. The number of thiophene rings is 1. The van der Waals surface area contributed by atoms with E-state index in [0.717, 1.165) is 25.2 Å². The lowest BCUT2D eigenvalue weighted by atomic mass is 9.81. The Bertz CT molecular complexity index is 849. The molecule has 0 unspecified atom stereocenters. The Morgan fingerprint density at radius 1 is 1.14 bits per heavy atom. The normalized spacial score (nSPS) is 15.9. The molecular weight excluding hydrogens is 372 g/mol. The van der Waals surface area contributed by atoms with Crippen molar-refractivity contribution in [2.75, 3.05) is 6.61 Å². The molecule has 1 nitrogen and oxygen atoms in total. The Balaban J connectivity index is 2.12. The number of hydrogen-bond donors (Lipinski definition) is 0. The quantitative estimate of drug-likeness (QED) is 0.396. The van der Waals surface area contributed by atoms with Gasteiger partial charge in [-0.05, 0) is 80.2 Å². The number of allylic oxidation sites excluding steroid dienone is 3. The van der Waals surface area contributed by atoms with E-state index in [-0.39, 0.29) is 0 Å². The van der Waals surface area contributed by atoms with Crippen LogP contribution in [0.1, 0.15) is 88.1 Å². The minimum absolute atomic E-state index is 0.642. The number of aryl methyl sites for hydroxylation is 1. The molecule has 1 fully saturated rings. The molecule has 0 N–H and O–H groups in total. The maximum Gasteiger partial charge on any atom is 0.130 e. The molecule has 3 rings (SSSR count). The molecule has 0 amide bonds. The third-order valence-electron chi connectivity index (χ3n) is 6.02. The third kappa shape index (κ3) is 5.42. The monoisotopic (exact) mass is 408 g/mol. The highest BCUT2D eigenvalue weighted by molar-refractivity contribution is 7.11. The van der Waals surface area contributed by atoms with Gasteiger partial charge in [-0.3, -0.25) is 0 Å². The maximum absolute atomic E-state index is 6.46. The number of benzene rings is 1. The average Bonchev–Trinajstić information content (AvgIpc) is 3.24. The molecule has 1 aliphatic carbocycles. The molecule has 0 aliphatic heterocycles.